The highest BCUT2D eigenvalue weighted by atomic mass is 16.4. The van der Waals surface area contributed by atoms with Gasteiger partial charge in [-0.15, -0.1) is 0 Å². The molecule has 0 spiro atoms. The molecule has 4 N–H and O–H groups in total. The molecule has 2 amide bonds. The molecule has 0 unspecified atom stereocenters. The number of fused-ring (bicyclic) bond motifs is 1. The lowest BCUT2D eigenvalue weighted by Crippen LogP contribution is -2.39. The number of aromatic nitrogens is 2. The molecule has 0 aliphatic carbocycles. The minimum absolute atomic E-state index is 0.195. The number of rotatable bonds is 2. The Labute approximate surface area is 126 Å². The summed E-state index contributed by atoms with van der Waals surface area (Å²) < 4.78 is 0. The van der Waals surface area contributed by atoms with Crippen LogP contribution in [0.4, 0.5) is 10.5 Å². The summed E-state index contributed by atoms with van der Waals surface area (Å²) in [7, 11) is 0. The molecule has 3 rings (SSSR count). The molecule has 2 heterocycles. The van der Waals surface area contributed by atoms with Gasteiger partial charge in [0.1, 0.15) is 0 Å². The largest absolute Gasteiger partial charge is 0.465 e. The minimum atomic E-state index is -0.988. The number of hydrazine groups is 1. The van der Waals surface area contributed by atoms with Crippen molar-refractivity contribution in [1.82, 2.24) is 15.1 Å². The second kappa shape index (κ2) is 5.49. The average Bonchev–Trinajstić information content (AvgIpc) is 2.97. The van der Waals surface area contributed by atoms with Gasteiger partial charge < -0.3 is 10.0 Å². The fraction of sp³-hybridized carbons (Fsp3) is 0.214. The lowest BCUT2D eigenvalue weighted by Gasteiger charge is -2.24. The number of carbonyl (C=O) groups excluding carboxylic acids is 1. The van der Waals surface area contributed by atoms with Crippen LogP contribution >= 0.6 is 0 Å². The van der Waals surface area contributed by atoms with Crippen molar-refractivity contribution in [1.29, 1.82) is 0 Å². The Kier molecular flexibility index (Phi) is 3.51. The number of benzene rings is 1. The van der Waals surface area contributed by atoms with Gasteiger partial charge in [0.25, 0.3) is 5.91 Å². The maximum Gasteiger partial charge on any atom is 0.407 e. The van der Waals surface area contributed by atoms with Crippen LogP contribution in [0.3, 0.4) is 0 Å². The molecule has 0 atom stereocenters. The number of para-hydroxylation sites is 1. The first-order chi connectivity index (χ1) is 10.6. The summed E-state index contributed by atoms with van der Waals surface area (Å²) in [5.41, 5.74) is 2.17. The molecule has 0 radical (unpaired) electrons. The van der Waals surface area contributed by atoms with Crippen LogP contribution in [0.15, 0.2) is 30.3 Å². The van der Waals surface area contributed by atoms with Crippen LogP contribution in [0.1, 0.15) is 21.7 Å². The van der Waals surface area contributed by atoms with Gasteiger partial charge >= 0.3 is 6.09 Å². The second-order valence-corrected chi connectivity index (χ2v) is 4.99. The van der Waals surface area contributed by atoms with E-state index in [-0.39, 0.29) is 12.2 Å². The molecule has 2 aromatic rings. The first kappa shape index (κ1) is 14.1. The standard InChI is InChI=1S/C14H15N5O3/c15-19(9-4-2-1-3-5-9)13(20)12-10-6-7-18(14(21)22)8-11(10)16-17-12/h1-5H,6-8,15H2,(H,16,17)(H,21,22). The van der Waals surface area contributed by atoms with E-state index in [1.54, 1.807) is 24.3 Å². The van der Waals surface area contributed by atoms with Gasteiger partial charge in [0, 0.05) is 12.1 Å². The Bertz CT molecular complexity index is 713. The summed E-state index contributed by atoms with van der Waals surface area (Å²) in [5.74, 6) is 5.44. The Morgan fingerprint density at radius 1 is 1.32 bits per heavy atom. The van der Waals surface area contributed by atoms with E-state index < -0.39 is 12.0 Å². The van der Waals surface area contributed by atoms with Gasteiger partial charge in [-0.25, -0.2) is 15.6 Å². The molecule has 22 heavy (non-hydrogen) atoms. The number of hydrogen-bond donors (Lipinski definition) is 3. The molecular weight excluding hydrogens is 286 g/mol. The molecule has 0 bridgehead atoms. The lowest BCUT2D eigenvalue weighted by molar-refractivity contribution is 0.0981. The predicted octanol–water partition coefficient (Wildman–Crippen LogP) is 0.966. The van der Waals surface area contributed by atoms with E-state index in [2.05, 4.69) is 10.2 Å². The van der Waals surface area contributed by atoms with Crippen molar-refractivity contribution in [2.45, 2.75) is 13.0 Å². The first-order valence-corrected chi connectivity index (χ1v) is 6.76. The fourth-order valence-corrected chi connectivity index (χ4v) is 2.48. The topological polar surface area (TPSA) is 116 Å². The zero-order valence-corrected chi connectivity index (χ0v) is 11.7. The van der Waals surface area contributed by atoms with Crippen LogP contribution in [0.2, 0.25) is 0 Å². The smallest absolute Gasteiger partial charge is 0.407 e. The van der Waals surface area contributed by atoms with E-state index in [0.29, 0.717) is 24.3 Å². The zero-order valence-electron chi connectivity index (χ0n) is 11.7. The Balaban J connectivity index is 1.85. The monoisotopic (exact) mass is 301 g/mol. The molecule has 1 aromatic heterocycles. The maximum atomic E-state index is 12.5. The number of hydrogen-bond acceptors (Lipinski definition) is 4. The van der Waals surface area contributed by atoms with Gasteiger partial charge in [-0.3, -0.25) is 9.89 Å². The number of nitrogens with two attached hydrogens (primary N) is 1. The molecule has 8 nitrogen and oxygen atoms in total. The average molecular weight is 301 g/mol. The Morgan fingerprint density at radius 2 is 2.05 bits per heavy atom. The molecule has 8 heteroatoms. The summed E-state index contributed by atoms with van der Waals surface area (Å²) in [6, 6.07) is 8.85. The van der Waals surface area contributed by atoms with Gasteiger partial charge in [0.15, 0.2) is 5.69 Å². The fourth-order valence-electron chi connectivity index (χ4n) is 2.48. The van der Waals surface area contributed by atoms with Gasteiger partial charge in [-0.2, -0.15) is 5.10 Å². The van der Waals surface area contributed by atoms with Gasteiger partial charge in [0.2, 0.25) is 0 Å². The van der Waals surface area contributed by atoms with E-state index in [0.717, 1.165) is 10.6 Å². The number of aromatic amines is 1. The highest BCUT2D eigenvalue weighted by Gasteiger charge is 2.29. The van der Waals surface area contributed by atoms with Gasteiger partial charge in [0.05, 0.1) is 17.9 Å². The second-order valence-electron chi connectivity index (χ2n) is 4.99. The Morgan fingerprint density at radius 3 is 2.73 bits per heavy atom. The van der Waals surface area contributed by atoms with Crippen molar-refractivity contribution in [2.24, 2.45) is 5.84 Å². The summed E-state index contributed by atoms with van der Waals surface area (Å²) in [6.07, 6.45) is -0.556. The summed E-state index contributed by atoms with van der Waals surface area (Å²) in [5, 5.41) is 16.8. The van der Waals surface area contributed by atoms with Crippen molar-refractivity contribution >= 4 is 17.7 Å². The van der Waals surface area contributed by atoms with Crippen LogP contribution in [-0.2, 0) is 13.0 Å². The van der Waals surface area contributed by atoms with E-state index in [1.807, 2.05) is 6.07 Å². The van der Waals surface area contributed by atoms with Crippen LogP contribution in [-0.4, -0.2) is 38.7 Å². The molecule has 1 aromatic carbocycles. The first-order valence-electron chi connectivity index (χ1n) is 6.76. The normalized spacial score (nSPS) is 13.6. The van der Waals surface area contributed by atoms with Gasteiger partial charge in [-0.1, -0.05) is 18.2 Å². The quantitative estimate of drug-likeness (QED) is 0.434. The Hall–Kier alpha value is -2.87. The number of nitrogens with zero attached hydrogens (tertiary/aromatic N) is 3. The molecule has 114 valence electrons. The highest BCUT2D eigenvalue weighted by Crippen LogP contribution is 2.22. The third kappa shape index (κ3) is 2.40. The van der Waals surface area contributed by atoms with E-state index >= 15 is 0 Å². The summed E-state index contributed by atoms with van der Waals surface area (Å²) in [4.78, 5) is 24.7. The van der Waals surface area contributed by atoms with Crippen molar-refractivity contribution < 1.29 is 14.7 Å². The molecule has 0 fully saturated rings. The van der Waals surface area contributed by atoms with Crippen LogP contribution < -0.4 is 10.9 Å². The van der Waals surface area contributed by atoms with E-state index in [1.165, 1.54) is 4.90 Å². The van der Waals surface area contributed by atoms with Crippen molar-refractivity contribution in [3.63, 3.8) is 0 Å². The van der Waals surface area contributed by atoms with Crippen LogP contribution in [0.25, 0.3) is 0 Å². The number of carboxylic acid groups (broad SMARTS) is 1. The number of carbonyl (C=O) groups is 2. The van der Waals surface area contributed by atoms with Crippen molar-refractivity contribution in [2.75, 3.05) is 11.6 Å². The summed E-state index contributed by atoms with van der Waals surface area (Å²) >= 11 is 0. The van der Waals surface area contributed by atoms with Crippen LogP contribution in [0.5, 0.6) is 0 Å². The van der Waals surface area contributed by atoms with Crippen molar-refractivity contribution in [3.8, 4) is 0 Å². The third-order valence-corrected chi connectivity index (χ3v) is 3.66. The summed E-state index contributed by atoms with van der Waals surface area (Å²) in [6.45, 7) is 0.527. The third-order valence-electron chi connectivity index (χ3n) is 3.66. The molecule has 0 saturated heterocycles. The zero-order chi connectivity index (χ0) is 15.7. The van der Waals surface area contributed by atoms with Gasteiger partial charge in [-0.05, 0) is 18.6 Å². The maximum absolute atomic E-state index is 12.5. The van der Waals surface area contributed by atoms with Crippen molar-refractivity contribution in [3.05, 3.63) is 47.3 Å². The number of H-pyrrole nitrogens is 1. The highest BCUT2D eigenvalue weighted by molar-refractivity contribution is 6.05. The number of amides is 2. The predicted molar refractivity (Wildman–Crippen MR) is 78.2 cm³/mol. The SMILES string of the molecule is NN(C(=O)c1n[nH]c2c1CCN(C(=O)O)C2)c1ccccc1. The molecule has 0 saturated carbocycles. The van der Waals surface area contributed by atoms with E-state index in [9.17, 15) is 9.59 Å². The minimum Gasteiger partial charge on any atom is -0.465 e. The number of nitrogens with one attached hydrogen (secondary N) is 1. The van der Waals surface area contributed by atoms with Crippen LogP contribution in [0, 0.1) is 0 Å². The molecule has 1 aliphatic heterocycles. The molecular formula is C14H15N5O3. The number of anilines is 1. The van der Waals surface area contributed by atoms with E-state index in [4.69, 9.17) is 10.9 Å². The molecule has 1 aliphatic rings. The lowest BCUT2D eigenvalue weighted by atomic mass is 10.0.